The molecule has 0 unspecified atom stereocenters. The number of carbonyl (C=O) groups is 1. The molecule has 3 rings (SSSR count). The van der Waals surface area contributed by atoms with Gasteiger partial charge in [0.1, 0.15) is 0 Å². The van der Waals surface area contributed by atoms with E-state index in [9.17, 15) is 4.79 Å². The molecular formula is C21H20ClN3O. The number of hydrogen-bond donors (Lipinski definition) is 1. The average molecular weight is 366 g/mol. The van der Waals surface area contributed by atoms with E-state index >= 15 is 0 Å². The number of carbonyl (C=O) groups excluding carboxylic acids is 1. The number of aryl methyl sites for hydroxylation is 2. The molecule has 1 N–H and O–H groups in total. The van der Waals surface area contributed by atoms with Crippen LogP contribution in [-0.2, 0) is 0 Å². The molecule has 4 nitrogen and oxygen atoms in total. The standard InChI is InChI=1S/C21H20ClN3O/c1-14-7-4-5-10-20(14)21(26)24-23-13-17-11-15(2)25(16(17)3)19-9-6-8-18(22)12-19/h4-13H,1-3H3,(H,24,26)/b23-13-. The van der Waals surface area contributed by atoms with Crippen LogP contribution in [0.5, 0.6) is 0 Å². The third-order valence-corrected chi connectivity index (χ3v) is 4.53. The number of aromatic nitrogens is 1. The highest BCUT2D eigenvalue weighted by Crippen LogP contribution is 2.22. The minimum absolute atomic E-state index is 0.219. The molecule has 0 spiro atoms. The molecule has 1 amide bonds. The van der Waals surface area contributed by atoms with Crippen LogP contribution in [0.4, 0.5) is 0 Å². The van der Waals surface area contributed by atoms with E-state index in [-0.39, 0.29) is 5.91 Å². The first-order chi connectivity index (χ1) is 12.5. The Morgan fingerprint density at radius 3 is 2.58 bits per heavy atom. The van der Waals surface area contributed by atoms with Crippen LogP contribution in [0.25, 0.3) is 5.69 Å². The van der Waals surface area contributed by atoms with Gasteiger partial charge < -0.3 is 4.57 Å². The number of hydrazone groups is 1. The fourth-order valence-electron chi connectivity index (χ4n) is 2.98. The lowest BCUT2D eigenvalue weighted by Gasteiger charge is -2.09. The molecule has 1 heterocycles. The summed E-state index contributed by atoms with van der Waals surface area (Å²) < 4.78 is 2.11. The van der Waals surface area contributed by atoms with Gasteiger partial charge in [-0.25, -0.2) is 5.43 Å². The number of benzene rings is 2. The molecule has 3 aromatic rings. The van der Waals surface area contributed by atoms with Crippen molar-refractivity contribution in [1.29, 1.82) is 0 Å². The second-order valence-electron chi connectivity index (χ2n) is 6.16. The van der Waals surface area contributed by atoms with E-state index in [1.807, 2.05) is 69.3 Å². The molecule has 0 aliphatic carbocycles. The van der Waals surface area contributed by atoms with Crippen LogP contribution in [-0.4, -0.2) is 16.7 Å². The van der Waals surface area contributed by atoms with E-state index in [2.05, 4.69) is 15.1 Å². The van der Waals surface area contributed by atoms with E-state index in [0.717, 1.165) is 28.2 Å². The van der Waals surface area contributed by atoms with Crippen molar-refractivity contribution in [2.24, 2.45) is 5.10 Å². The topological polar surface area (TPSA) is 46.4 Å². The summed E-state index contributed by atoms with van der Waals surface area (Å²) in [6.07, 6.45) is 1.67. The summed E-state index contributed by atoms with van der Waals surface area (Å²) in [5.74, 6) is -0.219. The molecule has 2 aromatic carbocycles. The van der Waals surface area contributed by atoms with Crippen LogP contribution in [0.3, 0.4) is 0 Å². The second-order valence-corrected chi connectivity index (χ2v) is 6.59. The van der Waals surface area contributed by atoms with Crippen LogP contribution >= 0.6 is 11.6 Å². The van der Waals surface area contributed by atoms with Gasteiger partial charge in [-0.1, -0.05) is 35.9 Å². The Bertz CT molecular complexity index is 989. The molecule has 0 saturated heterocycles. The number of hydrogen-bond acceptors (Lipinski definition) is 2. The Kier molecular flexibility index (Phi) is 5.24. The van der Waals surface area contributed by atoms with Crippen molar-refractivity contribution >= 4 is 23.7 Å². The van der Waals surface area contributed by atoms with E-state index in [0.29, 0.717) is 10.6 Å². The minimum atomic E-state index is -0.219. The summed E-state index contributed by atoms with van der Waals surface area (Å²) in [4.78, 5) is 12.2. The summed E-state index contributed by atoms with van der Waals surface area (Å²) >= 11 is 6.11. The normalized spacial score (nSPS) is 11.1. The van der Waals surface area contributed by atoms with Gasteiger partial charge in [-0.3, -0.25) is 4.79 Å². The van der Waals surface area contributed by atoms with Crippen molar-refractivity contribution < 1.29 is 4.79 Å². The van der Waals surface area contributed by atoms with Crippen LogP contribution < -0.4 is 5.43 Å². The number of halogens is 1. The van der Waals surface area contributed by atoms with Gasteiger partial charge in [-0.05, 0) is 56.7 Å². The highest BCUT2D eigenvalue weighted by Gasteiger charge is 2.10. The Balaban J connectivity index is 1.81. The number of rotatable bonds is 4. The number of amides is 1. The van der Waals surface area contributed by atoms with E-state index in [1.165, 1.54) is 0 Å². The molecule has 132 valence electrons. The Morgan fingerprint density at radius 2 is 1.85 bits per heavy atom. The zero-order chi connectivity index (χ0) is 18.7. The molecule has 1 aromatic heterocycles. The highest BCUT2D eigenvalue weighted by atomic mass is 35.5. The van der Waals surface area contributed by atoms with Crippen molar-refractivity contribution in [1.82, 2.24) is 9.99 Å². The first-order valence-corrected chi connectivity index (χ1v) is 8.69. The number of nitrogens with one attached hydrogen (secondary N) is 1. The smallest absolute Gasteiger partial charge is 0.271 e. The zero-order valence-corrected chi connectivity index (χ0v) is 15.7. The molecule has 26 heavy (non-hydrogen) atoms. The molecular weight excluding hydrogens is 346 g/mol. The first-order valence-electron chi connectivity index (χ1n) is 8.31. The van der Waals surface area contributed by atoms with Gasteiger partial charge in [0.25, 0.3) is 5.91 Å². The van der Waals surface area contributed by atoms with Crippen LogP contribution in [0, 0.1) is 20.8 Å². The summed E-state index contributed by atoms with van der Waals surface area (Å²) in [6, 6.07) is 17.1. The van der Waals surface area contributed by atoms with Crippen molar-refractivity contribution in [3.05, 3.63) is 87.7 Å². The molecule has 0 fully saturated rings. The Morgan fingerprint density at radius 1 is 1.08 bits per heavy atom. The van der Waals surface area contributed by atoms with Crippen LogP contribution in [0.1, 0.15) is 32.9 Å². The maximum atomic E-state index is 12.2. The third-order valence-electron chi connectivity index (χ3n) is 4.30. The highest BCUT2D eigenvalue weighted by molar-refractivity contribution is 6.30. The second kappa shape index (κ2) is 7.58. The molecule has 0 bridgehead atoms. The first kappa shape index (κ1) is 18.0. The van der Waals surface area contributed by atoms with Gasteiger partial charge in [-0.15, -0.1) is 0 Å². The zero-order valence-electron chi connectivity index (χ0n) is 15.0. The lowest BCUT2D eigenvalue weighted by atomic mass is 10.1. The van der Waals surface area contributed by atoms with Crippen molar-refractivity contribution in [3.8, 4) is 5.69 Å². The van der Waals surface area contributed by atoms with Crippen LogP contribution in [0.2, 0.25) is 5.02 Å². The van der Waals surface area contributed by atoms with Crippen LogP contribution in [0.15, 0.2) is 59.7 Å². The fourth-order valence-corrected chi connectivity index (χ4v) is 3.16. The molecule has 0 atom stereocenters. The fraction of sp³-hybridized carbons (Fsp3) is 0.143. The van der Waals surface area contributed by atoms with Crippen molar-refractivity contribution in [2.45, 2.75) is 20.8 Å². The van der Waals surface area contributed by atoms with Gasteiger partial charge in [0.15, 0.2) is 0 Å². The molecule has 0 aliphatic rings. The number of nitrogens with zero attached hydrogens (tertiary/aromatic N) is 2. The van der Waals surface area contributed by atoms with E-state index in [1.54, 1.807) is 12.3 Å². The summed E-state index contributed by atoms with van der Waals surface area (Å²) in [7, 11) is 0. The molecule has 0 radical (unpaired) electrons. The van der Waals surface area contributed by atoms with Gasteiger partial charge >= 0.3 is 0 Å². The molecule has 0 saturated carbocycles. The van der Waals surface area contributed by atoms with Gasteiger partial charge in [-0.2, -0.15) is 5.10 Å². The monoisotopic (exact) mass is 365 g/mol. The van der Waals surface area contributed by atoms with E-state index in [4.69, 9.17) is 11.6 Å². The summed E-state index contributed by atoms with van der Waals surface area (Å²) in [6.45, 7) is 5.94. The maximum absolute atomic E-state index is 12.2. The van der Waals surface area contributed by atoms with Gasteiger partial charge in [0.05, 0.1) is 6.21 Å². The van der Waals surface area contributed by atoms with Crippen molar-refractivity contribution in [3.63, 3.8) is 0 Å². The van der Waals surface area contributed by atoms with E-state index < -0.39 is 0 Å². The maximum Gasteiger partial charge on any atom is 0.271 e. The Hall–Kier alpha value is -2.85. The Labute approximate surface area is 158 Å². The predicted octanol–water partition coefficient (Wildman–Crippen LogP) is 4.82. The third kappa shape index (κ3) is 3.70. The minimum Gasteiger partial charge on any atom is -0.318 e. The molecule has 0 aliphatic heterocycles. The quantitative estimate of drug-likeness (QED) is 0.523. The van der Waals surface area contributed by atoms with Gasteiger partial charge in [0.2, 0.25) is 0 Å². The van der Waals surface area contributed by atoms with Gasteiger partial charge in [0, 0.05) is 33.2 Å². The molecule has 5 heteroatoms. The summed E-state index contributed by atoms with van der Waals surface area (Å²) in [5, 5.41) is 4.81. The predicted molar refractivity (Wildman–Crippen MR) is 106 cm³/mol. The lowest BCUT2D eigenvalue weighted by molar-refractivity contribution is 0.0954. The van der Waals surface area contributed by atoms with Crippen molar-refractivity contribution in [2.75, 3.05) is 0 Å². The lowest BCUT2D eigenvalue weighted by Crippen LogP contribution is -2.18. The SMILES string of the molecule is Cc1ccccc1C(=O)N/N=C\c1cc(C)n(-c2cccc(Cl)c2)c1C. The largest absolute Gasteiger partial charge is 0.318 e. The average Bonchev–Trinajstić information content (AvgIpc) is 2.89. The summed E-state index contributed by atoms with van der Waals surface area (Å²) in [5.41, 5.74) is 8.16.